The summed E-state index contributed by atoms with van der Waals surface area (Å²) in [7, 11) is 2.64. The molecule has 86 valence electrons. The van der Waals surface area contributed by atoms with Crippen molar-refractivity contribution in [2.75, 3.05) is 14.2 Å². The van der Waals surface area contributed by atoms with Gasteiger partial charge in [0, 0.05) is 5.02 Å². The number of Topliss-reactive ketones (excluding diaryl/α,β-unsaturated/α-hetero) is 1. The second-order valence-corrected chi connectivity index (χ2v) is 3.22. The summed E-state index contributed by atoms with van der Waals surface area (Å²) in [5.41, 5.74) is 0.210. The first-order chi connectivity index (χ1) is 7.63. The van der Waals surface area contributed by atoms with E-state index in [9.17, 15) is 4.79 Å². The Morgan fingerprint density at radius 1 is 1.44 bits per heavy atom. The van der Waals surface area contributed by atoms with E-state index in [-0.39, 0.29) is 11.3 Å². The van der Waals surface area contributed by atoms with Crippen LogP contribution in [0.15, 0.2) is 23.4 Å². The number of ketones is 1. The number of halogens is 1. The fraction of sp³-hybridized carbons (Fsp3) is 0.200. The van der Waals surface area contributed by atoms with Crippen molar-refractivity contribution in [1.82, 2.24) is 0 Å². The Labute approximate surface area is 97.2 Å². The zero-order valence-corrected chi connectivity index (χ0v) is 9.49. The maximum absolute atomic E-state index is 11.8. The fourth-order valence-electron chi connectivity index (χ4n) is 1.15. The van der Waals surface area contributed by atoms with E-state index in [4.69, 9.17) is 21.5 Å². The van der Waals surface area contributed by atoms with Crippen LogP contribution in [0.2, 0.25) is 5.02 Å². The molecule has 0 amide bonds. The number of ether oxygens (including phenoxy) is 2. The van der Waals surface area contributed by atoms with Crippen LogP contribution < -0.4 is 4.74 Å². The molecule has 0 saturated carbocycles. The molecule has 0 aromatic heterocycles. The second-order valence-electron chi connectivity index (χ2n) is 2.78. The summed E-state index contributed by atoms with van der Waals surface area (Å²) in [6.07, 6.45) is 0. The Kier molecular flexibility index (Phi) is 4.13. The topological polar surface area (TPSA) is 68.1 Å². The zero-order valence-electron chi connectivity index (χ0n) is 8.73. The molecule has 16 heavy (non-hydrogen) atoms. The molecule has 0 atom stereocenters. The van der Waals surface area contributed by atoms with Crippen molar-refractivity contribution in [1.29, 1.82) is 0 Å². The molecule has 0 aliphatic heterocycles. The van der Waals surface area contributed by atoms with E-state index < -0.39 is 11.7 Å². The molecule has 0 saturated heterocycles. The van der Waals surface area contributed by atoms with Crippen LogP contribution in [0, 0.1) is 0 Å². The third-order valence-corrected chi connectivity index (χ3v) is 2.12. The number of hydrogen-bond acceptors (Lipinski definition) is 5. The molecule has 0 fully saturated rings. The van der Waals surface area contributed by atoms with E-state index in [1.807, 2.05) is 0 Å². The molecule has 1 aromatic carbocycles. The lowest BCUT2D eigenvalue weighted by Gasteiger charge is -2.07. The predicted octanol–water partition coefficient (Wildman–Crippen LogP) is 1.97. The average Bonchev–Trinajstić information content (AvgIpc) is 2.30. The van der Waals surface area contributed by atoms with Crippen molar-refractivity contribution < 1.29 is 19.5 Å². The standard InChI is InChI=1S/C10H10ClNO4/c1-15-8-5-6(11)3-4-7(8)9(13)10(12-14)16-2/h3-5,14H,1-2H3. The molecule has 0 unspecified atom stereocenters. The Morgan fingerprint density at radius 3 is 2.62 bits per heavy atom. The summed E-state index contributed by atoms with van der Waals surface area (Å²) in [6.45, 7) is 0. The van der Waals surface area contributed by atoms with Gasteiger partial charge in [-0.1, -0.05) is 11.6 Å². The van der Waals surface area contributed by atoms with Gasteiger partial charge in [-0.15, -0.1) is 0 Å². The number of benzene rings is 1. The van der Waals surface area contributed by atoms with Gasteiger partial charge in [-0.05, 0) is 23.4 Å². The van der Waals surface area contributed by atoms with Gasteiger partial charge >= 0.3 is 0 Å². The number of nitrogens with zero attached hydrogens (tertiary/aromatic N) is 1. The molecule has 0 bridgehead atoms. The van der Waals surface area contributed by atoms with Crippen LogP contribution in [0.3, 0.4) is 0 Å². The lowest BCUT2D eigenvalue weighted by atomic mass is 10.1. The Hall–Kier alpha value is -1.75. The largest absolute Gasteiger partial charge is 0.496 e. The van der Waals surface area contributed by atoms with E-state index >= 15 is 0 Å². The molecule has 6 heteroatoms. The monoisotopic (exact) mass is 243 g/mol. The van der Waals surface area contributed by atoms with E-state index in [1.54, 1.807) is 0 Å². The van der Waals surface area contributed by atoms with Crippen LogP contribution in [0.25, 0.3) is 0 Å². The fourth-order valence-corrected chi connectivity index (χ4v) is 1.31. The summed E-state index contributed by atoms with van der Waals surface area (Å²) in [5.74, 6) is -0.713. The lowest BCUT2D eigenvalue weighted by molar-refractivity contribution is 0.102. The van der Waals surface area contributed by atoms with Crippen LogP contribution >= 0.6 is 11.6 Å². The van der Waals surface area contributed by atoms with Gasteiger partial charge in [0.15, 0.2) is 0 Å². The quantitative estimate of drug-likeness (QED) is 0.290. The summed E-state index contributed by atoms with van der Waals surface area (Å²) in [6, 6.07) is 4.48. The Bertz CT molecular complexity index is 431. The first-order valence-corrected chi connectivity index (χ1v) is 4.66. The van der Waals surface area contributed by atoms with Crippen LogP contribution in [0.4, 0.5) is 0 Å². The third kappa shape index (κ3) is 2.43. The molecule has 0 aliphatic rings. The van der Waals surface area contributed by atoms with Crippen LogP contribution in [0.5, 0.6) is 5.75 Å². The number of rotatable bonds is 3. The zero-order chi connectivity index (χ0) is 12.1. The molecule has 5 nitrogen and oxygen atoms in total. The van der Waals surface area contributed by atoms with E-state index in [2.05, 4.69) is 9.89 Å². The molecular weight excluding hydrogens is 234 g/mol. The highest BCUT2D eigenvalue weighted by Gasteiger charge is 2.19. The molecule has 0 aliphatic carbocycles. The normalized spacial score (nSPS) is 11.1. The predicted molar refractivity (Wildman–Crippen MR) is 58.6 cm³/mol. The third-order valence-electron chi connectivity index (χ3n) is 1.89. The van der Waals surface area contributed by atoms with E-state index in [0.717, 1.165) is 0 Å². The highest BCUT2D eigenvalue weighted by molar-refractivity contribution is 6.43. The van der Waals surface area contributed by atoms with Gasteiger partial charge in [-0.2, -0.15) is 0 Å². The number of hydrogen-bond donors (Lipinski definition) is 1. The second kappa shape index (κ2) is 5.37. The first kappa shape index (κ1) is 12.3. The number of carbonyl (C=O) groups excluding carboxylic acids is 1. The van der Waals surface area contributed by atoms with Crippen molar-refractivity contribution in [3.63, 3.8) is 0 Å². The molecular formula is C10H10ClNO4. The maximum atomic E-state index is 11.8. The number of oxime groups is 1. The molecule has 1 aromatic rings. The first-order valence-electron chi connectivity index (χ1n) is 4.28. The highest BCUT2D eigenvalue weighted by Crippen LogP contribution is 2.23. The van der Waals surface area contributed by atoms with Crippen LogP contribution in [0.1, 0.15) is 10.4 Å². The lowest BCUT2D eigenvalue weighted by Crippen LogP contribution is -2.17. The number of methoxy groups -OCH3 is 2. The minimum Gasteiger partial charge on any atom is -0.496 e. The Morgan fingerprint density at radius 2 is 2.12 bits per heavy atom. The number of carbonyl (C=O) groups is 1. The van der Waals surface area contributed by atoms with Gasteiger partial charge in [0.25, 0.3) is 11.7 Å². The van der Waals surface area contributed by atoms with E-state index in [0.29, 0.717) is 5.02 Å². The van der Waals surface area contributed by atoms with Crippen molar-refractivity contribution in [2.45, 2.75) is 0 Å². The average molecular weight is 244 g/mol. The minimum atomic E-state index is -0.585. The van der Waals surface area contributed by atoms with Crippen molar-refractivity contribution in [3.8, 4) is 5.75 Å². The molecule has 1 rings (SSSR count). The van der Waals surface area contributed by atoms with Gasteiger partial charge in [0.1, 0.15) is 5.75 Å². The molecule has 1 N–H and O–H groups in total. The van der Waals surface area contributed by atoms with Crippen molar-refractivity contribution in [3.05, 3.63) is 28.8 Å². The Balaban J connectivity index is 3.18. The molecule has 0 radical (unpaired) electrons. The maximum Gasteiger partial charge on any atom is 0.298 e. The van der Waals surface area contributed by atoms with Crippen molar-refractivity contribution in [2.24, 2.45) is 5.16 Å². The smallest absolute Gasteiger partial charge is 0.298 e. The van der Waals surface area contributed by atoms with Gasteiger partial charge in [0.2, 0.25) is 0 Å². The summed E-state index contributed by atoms with van der Waals surface area (Å²) in [4.78, 5) is 11.8. The summed E-state index contributed by atoms with van der Waals surface area (Å²) >= 11 is 5.75. The molecule has 0 spiro atoms. The summed E-state index contributed by atoms with van der Waals surface area (Å²) < 4.78 is 9.60. The molecule has 0 heterocycles. The van der Waals surface area contributed by atoms with E-state index in [1.165, 1.54) is 32.4 Å². The SMILES string of the molecule is COC(=NO)C(=O)c1ccc(Cl)cc1OC. The van der Waals surface area contributed by atoms with Crippen molar-refractivity contribution >= 4 is 23.3 Å². The van der Waals surface area contributed by atoms with Crippen LogP contribution in [-0.2, 0) is 4.74 Å². The summed E-state index contributed by atoms with van der Waals surface area (Å²) in [5, 5.41) is 11.7. The van der Waals surface area contributed by atoms with Gasteiger partial charge < -0.3 is 14.7 Å². The van der Waals surface area contributed by atoms with Gasteiger partial charge in [-0.3, -0.25) is 4.79 Å². The van der Waals surface area contributed by atoms with Gasteiger partial charge in [0.05, 0.1) is 19.8 Å². The highest BCUT2D eigenvalue weighted by atomic mass is 35.5. The van der Waals surface area contributed by atoms with Gasteiger partial charge in [-0.25, -0.2) is 0 Å². The minimum absolute atomic E-state index is 0.210. The van der Waals surface area contributed by atoms with Crippen LogP contribution in [-0.4, -0.2) is 31.1 Å².